The summed E-state index contributed by atoms with van der Waals surface area (Å²) >= 11 is 0. The number of rotatable bonds is 5. The molecule has 1 aromatic carbocycles. The Kier molecular flexibility index (Phi) is 10.6. The number of carbonyl (C=O) groups is 3. The van der Waals surface area contributed by atoms with Crippen LogP contribution in [0.1, 0.15) is 95.3 Å². The minimum atomic E-state index is -0.960. The summed E-state index contributed by atoms with van der Waals surface area (Å²) in [5.74, 6) is 0.812. The molecule has 1 aliphatic carbocycles. The fraction of sp³-hybridized carbons (Fsp3) is 0.686. The summed E-state index contributed by atoms with van der Waals surface area (Å²) < 4.78 is 13.2. The number of fused-ring (bicyclic) bond motifs is 2. The number of hydrogen-bond acceptors (Lipinski definition) is 6. The third-order valence-corrected chi connectivity index (χ3v) is 9.78. The number of carboxylic acids is 1. The smallest absolute Gasteiger partial charge is 0.411 e. The maximum atomic E-state index is 13.6. The maximum Gasteiger partial charge on any atom is 0.411 e. The van der Waals surface area contributed by atoms with E-state index in [1.54, 1.807) is 27.9 Å². The van der Waals surface area contributed by atoms with Crippen LogP contribution in [0.3, 0.4) is 0 Å². The molecule has 3 aliphatic heterocycles. The quantitative estimate of drug-likeness (QED) is 0.435. The minimum absolute atomic E-state index is 0.195. The second-order valence-corrected chi connectivity index (χ2v) is 14.2. The average molecular weight is 625 g/mol. The number of methoxy groups -OCH3 is 1. The van der Waals surface area contributed by atoms with Crippen LogP contribution in [0.25, 0.3) is 10.9 Å². The lowest BCUT2D eigenvalue weighted by molar-refractivity contribution is -0.142. The molecule has 0 spiro atoms. The molecule has 3 saturated heterocycles. The van der Waals surface area contributed by atoms with E-state index in [1.807, 2.05) is 12.1 Å². The first kappa shape index (κ1) is 33.1. The molecule has 6 rings (SSSR count). The summed E-state index contributed by atoms with van der Waals surface area (Å²) in [5.41, 5.74) is 1.36. The van der Waals surface area contributed by atoms with Crippen molar-refractivity contribution in [3.05, 3.63) is 30.0 Å². The van der Waals surface area contributed by atoms with E-state index >= 15 is 0 Å². The topological polar surface area (TPSA) is 105 Å². The van der Waals surface area contributed by atoms with E-state index in [4.69, 9.17) is 14.6 Å². The van der Waals surface area contributed by atoms with Crippen molar-refractivity contribution >= 4 is 28.9 Å². The molecule has 10 nitrogen and oxygen atoms in total. The number of benzene rings is 1. The van der Waals surface area contributed by atoms with Gasteiger partial charge in [0, 0.05) is 50.3 Å². The van der Waals surface area contributed by atoms with Crippen LogP contribution >= 0.6 is 0 Å². The van der Waals surface area contributed by atoms with E-state index in [-0.39, 0.29) is 5.91 Å². The summed E-state index contributed by atoms with van der Waals surface area (Å²) in [6.45, 7) is 10.7. The molecule has 10 heteroatoms. The van der Waals surface area contributed by atoms with Crippen molar-refractivity contribution < 1.29 is 29.0 Å². The highest BCUT2D eigenvalue weighted by molar-refractivity contribution is 6.08. The van der Waals surface area contributed by atoms with Crippen LogP contribution in [0.2, 0.25) is 0 Å². The summed E-state index contributed by atoms with van der Waals surface area (Å²) in [4.78, 5) is 42.1. The second-order valence-electron chi connectivity index (χ2n) is 14.2. The normalized spacial score (nSPS) is 22.8. The predicted octanol–water partition coefficient (Wildman–Crippen LogP) is 6.01. The zero-order chi connectivity index (χ0) is 32.1. The van der Waals surface area contributed by atoms with Gasteiger partial charge < -0.3 is 24.0 Å². The molecular formula is C35H52N4O6. The zero-order valence-electron chi connectivity index (χ0n) is 27.6. The number of aliphatic carboxylic acids is 1. The number of piperazine rings is 1. The number of nitrogens with zero attached hydrogens (tertiary/aromatic N) is 4. The average Bonchev–Trinajstić information content (AvgIpc) is 3.67. The Hall–Kier alpha value is -3.27. The van der Waals surface area contributed by atoms with Gasteiger partial charge in [-0.15, -0.1) is 0 Å². The molecule has 1 aromatic heterocycles. The Bertz CT molecular complexity index is 1340. The zero-order valence-corrected chi connectivity index (χ0v) is 27.6. The first-order valence-corrected chi connectivity index (χ1v) is 17.0. The van der Waals surface area contributed by atoms with E-state index in [0.717, 1.165) is 54.8 Å². The lowest BCUT2D eigenvalue weighted by Crippen LogP contribution is -2.56. The van der Waals surface area contributed by atoms with Gasteiger partial charge in [0.05, 0.1) is 18.2 Å². The van der Waals surface area contributed by atoms with E-state index in [1.165, 1.54) is 62.8 Å². The number of carboxylic acid groups (broad SMARTS) is 1. The van der Waals surface area contributed by atoms with Crippen molar-refractivity contribution in [2.24, 2.45) is 5.92 Å². The lowest BCUT2D eigenvalue weighted by atomic mass is 9.89. The van der Waals surface area contributed by atoms with Gasteiger partial charge in [-0.3, -0.25) is 14.6 Å². The van der Waals surface area contributed by atoms with E-state index in [9.17, 15) is 14.4 Å². The van der Waals surface area contributed by atoms with Gasteiger partial charge >= 0.3 is 12.1 Å². The molecule has 248 valence electrons. The first-order valence-electron chi connectivity index (χ1n) is 17.0. The van der Waals surface area contributed by atoms with Crippen LogP contribution in [0.5, 0.6) is 5.75 Å². The number of hydrogen-bond donors (Lipinski definition) is 1. The van der Waals surface area contributed by atoms with Crippen molar-refractivity contribution in [1.82, 2.24) is 19.3 Å². The summed E-state index contributed by atoms with van der Waals surface area (Å²) in [5, 5.41) is 9.92. The summed E-state index contributed by atoms with van der Waals surface area (Å²) in [6.07, 6.45) is 13.2. The highest BCUT2D eigenvalue weighted by Crippen LogP contribution is 2.34. The van der Waals surface area contributed by atoms with Crippen LogP contribution in [-0.4, -0.2) is 99.9 Å². The lowest BCUT2D eigenvalue weighted by Gasteiger charge is -2.44. The molecule has 45 heavy (non-hydrogen) atoms. The van der Waals surface area contributed by atoms with Gasteiger partial charge in [-0.25, -0.2) is 9.59 Å². The fourth-order valence-corrected chi connectivity index (χ4v) is 7.53. The Balaban J connectivity index is 0.000000226. The summed E-state index contributed by atoms with van der Waals surface area (Å²) in [7, 11) is 1.73. The maximum absolute atomic E-state index is 13.6. The van der Waals surface area contributed by atoms with Crippen molar-refractivity contribution in [2.75, 3.05) is 39.8 Å². The number of likely N-dealkylation sites (tertiary alicyclic amines) is 1. The van der Waals surface area contributed by atoms with Gasteiger partial charge in [0.25, 0.3) is 5.91 Å². The molecule has 4 aliphatic rings. The number of piperidine rings is 1. The molecule has 2 amide bonds. The molecule has 1 N–H and O–H groups in total. The van der Waals surface area contributed by atoms with Crippen molar-refractivity contribution in [1.29, 1.82) is 0 Å². The van der Waals surface area contributed by atoms with Crippen LogP contribution in [0.4, 0.5) is 4.79 Å². The van der Waals surface area contributed by atoms with Crippen molar-refractivity contribution in [2.45, 2.75) is 109 Å². The Morgan fingerprint density at radius 2 is 1.67 bits per heavy atom. The van der Waals surface area contributed by atoms with Crippen LogP contribution in [-0.2, 0) is 16.1 Å². The largest absolute Gasteiger partial charge is 0.495 e. The molecule has 0 bridgehead atoms. The molecule has 2 aromatic rings. The van der Waals surface area contributed by atoms with Crippen LogP contribution in [0, 0.1) is 5.92 Å². The third-order valence-electron chi connectivity index (χ3n) is 9.78. The Morgan fingerprint density at radius 3 is 2.38 bits per heavy atom. The Labute approximate surface area is 267 Å². The summed E-state index contributed by atoms with van der Waals surface area (Å²) in [6, 6.07) is 5.96. The number of amides is 2. The van der Waals surface area contributed by atoms with Crippen molar-refractivity contribution in [3.63, 3.8) is 0 Å². The number of ether oxygens (including phenoxy) is 2. The van der Waals surface area contributed by atoms with Crippen LogP contribution < -0.4 is 4.74 Å². The molecule has 2 atom stereocenters. The molecule has 0 radical (unpaired) electrons. The number of carbonyl (C=O) groups excluding carboxylic acids is 2. The molecule has 0 unspecified atom stereocenters. The predicted molar refractivity (Wildman–Crippen MR) is 174 cm³/mol. The van der Waals surface area contributed by atoms with Gasteiger partial charge in [0.15, 0.2) is 0 Å². The van der Waals surface area contributed by atoms with Gasteiger partial charge in [-0.2, -0.15) is 0 Å². The molecular weight excluding hydrogens is 572 g/mol. The van der Waals surface area contributed by atoms with Gasteiger partial charge in [0.1, 0.15) is 17.4 Å². The minimum Gasteiger partial charge on any atom is -0.495 e. The SMILES string of the molecule is CC(C)(C)OC(=O)N1CCC[C@@H]1C(=O)O.COc1cccc2c(C(=O)N3CCN4CCCC[C@@H]4C3)cn(CC3CCCCC3)c12. The molecule has 1 saturated carbocycles. The third kappa shape index (κ3) is 7.94. The molecule has 4 fully saturated rings. The highest BCUT2D eigenvalue weighted by atomic mass is 16.6. The first-order chi connectivity index (χ1) is 21.6. The number of para-hydroxylation sites is 1. The van der Waals surface area contributed by atoms with Crippen molar-refractivity contribution in [3.8, 4) is 5.75 Å². The van der Waals surface area contributed by atoms with Gasteiger partial charge in [-0.1, -0.05) is 37.8 Å². The Morgan fingerprint density at radius 1 is 0.911 bits per heavy atom. The van der Waals surface area contributed by atoms with Gasteiger partial charge in [0.2, 0.25) is 0 Å². The van der Waals surface area contributed by atoms with E-state index in [0.29, 0.717) is 24.9 Å². The fourth-order valence-electron chi connectivity index (χ4n) is 7.53. The van der Waals surface area contributed by atoms with Crippen LogP contribution in [0.15, 0.2) is 24.4 Å². The highest BCUT2D eigenvalue weighted by Gasteiger charge is 2.36. The monoisotopic (exact) mass is 624 g/mol. The second kappa shape index (κ2) is 14.4. The number of aromatic nitrogens is 1. The molecule has 4 heterocycles. The van der Waals surface area contributed by atoms with E-state index in [2.05, 4.69) is 26.6 Å². The standard InChI is InChI=1S/C25H35N3O2.C10H17NO4/c1-30-23-12-7-11-21-22(18-28(24(21)23)16-19-8-3-2-4-9-19)25(29)27-15-14-26-13-6-5-10-20(26)17-27;1-10(2,3)15-9(14)11-6-4-5-7(11)8(12)13/h7,11-12,18-20H,2-6,8-10,13-17H2,1H3;7H,4-6H2,1-3H3,(H,12,13)/t20-;7-/m11/s1. The van der Waals surface area contributed by atoms with E-state index < -0.39 is 23.7 Å². The van der Waals surface area contributed by atoms with Gasteiger partial charge in [-0.05, 0) is 77.8 Å².